The number of phenolic OH excluding ortho intramolecular Hbond substituents is 1. The molecule has 0 unspecified atom stereocenters. The van der Waals surface area contributed by atoms with Gasteiger partial charge in [-0.3, -0.25) is 4.72 Å². The van der Waals surface area contributed by atoms with Crippen molar-refractivity contribution in [2.24, 2.45) is 0 Å². The number of hydrogen-bond acceptors (Lipinski definition) is 3. The predicted molar refractivity (Wildman–Crippen MR) is 94.7 cm³/mol. The Hall–Kier alpha value is -2.22. The quantitative estimate of drug-likeness (QED) is 0.680. The molecule has 0 amide bonds. The fourth-order valence-corrected chi connectivity index (χ4v) is 4.02. The van der Waals surface area contributed by atoms with Crippen molar-refractivity contribution in [3.8, 4) is 11.4 Å². The van der Waals surface area contributed by atoms with Crippen LogP contribution in [0, 0.1) is 5.82 Å². The number of aromatic hydroxyl groups is 1. The Morgan fingerprint density at radius 3 is 2.44 bits per heavy atom. The molecule has 130 valence electrons. The molecule has 5 nitrogen and oxygen atoms in total. The Balaban J connectivity index is 2.03. The Bertz CT molecular complexity index is 1040. The van der Waals surface area contributed by atoms with Crippen LogP contribution in [-0.4, -0.2) is 18.1 Å². The minimum Gasteiger partial charge on any atom is -0.505 e. The Morgan fingerprint density at radius 1 is 1.08 bits per heavy atom. The molecule has 0 atom stereocenters. The van der Waals surface area contributed by atoms with E-state index in [1.54, 1.807) is 29.1 Å². The minimum atomic E-state index is -4.32. The third-order valence-electron chi connectivity index (χ3n) is 3.38. The first-order valence-electron chi connectivity index (χ1n) is 6.91. The molecule has 0 aliphatic heterocycles. The van der Waals surface area contributed by atoms with Crippen molar-refractivity contribution < 1.29 is 17.9 Å². The molecule has 0 saturated heterocycles. The number of halogens is 3. The van der Waals surface area contributed by atoms with Gasteiger partial charge in [0.05, 0.1) is 10.7 Å². The summed E-state index contributed by atoms with van der Waals surface area (Å²) in [6, 6.07) is 9.75. The summed E-state index contributed by atoms with van der Waals surface area (Å²) in [6.45, 7) is 0. The van der Waals surface area contributed by atoms with Crippen molar-refractivity contribution >= 4 is 38.9 Å². The normalized spacial score (nSPS) is 11.5. The molecule has 2 aromatic carbocycles. The van der Waals surface area contributed by atoms with Crippen LogP contribution < -0.4 is 4.72 Å². The third kappa shape index (κ3) is 3.58. The van der Waals surface area contributed by atoms with Crippen LogP contribution in [0.2, 0.25) is 10.0 Å². The second-order valence-corrected chi connectivity index (χ2v) is 7.59. The molecule has 1 aromatic heterocycles. The monoisotopic (exact) mass is 400 g/mol. The van der Waals surface area contributed by atoms with Gasteiger partial charge < -0.3 is 9.67 Å². The number of sulfonamides is 1. The van der Waals surface area contributed by atoms with Crippen molar-refractivity contribution in [1.82, 2.24) is 4.57 Å². The van der Waals surface area contributed by atoms with E-state index in [1.807, 2.05) is 0 Å². The summed E-state index contributed by atoms with van der Waals surface area (Å²) in [5, 5.41) is 9.69. The molecular weight excluding hydrogens is 390 g/mol. The highest BCUT2D eigenvalue weighted by molar-refractivity contribution is 7.92. The van der Waals surface area contributed by atoms with E-state index < -0.39 is 26.5 Å². The number of nitrogens with one attached hydrogen (secondary N) is 1. The molecule has 9 heteroatoms. The maximum atomic E-state index is 14.1. The number of phenols is 1. The first kappa shape index (κ1) is 17.6. The van der Waals surface area contributed by atoms with Crippen LogP contribution in [0.1, 0.15) is 0 Å². The Labute approximate surface area is 153 Å². The molecular formula is C16H11Cl2FN2O3S. The van der Waals surface area contributed by atoms with E-state index in [2.05, 4.69) is 4.72 Å². The fourth-order valence-electron chi connectivity index (χ4n) is 2.21. The SMILES string of the molecule is O=S(=O)(Nc1cc(-n2cccc2)ccc1F)c1cc(Cl)cc(Cl)c1O. The van der Waals surface area contributed by atoms with Gasteiger partial charge in [-0.2, -0.15) is 0 Å². The largest absolute Gasteiger partial charge is 0.505 e. The summed E-state index contributed by atoms with van der Waals surface area (Å²) in [6.07, 6.45) is 3.46. The van der Waals surface area contributed by atoms with Crippen molar-refractivity contribution in [3.63, 3.8) is 0 Å². The summed E-state index contributed by atoms with van der Waals surface area (Å²) in [5.41, 5.74) is 0.277. The van der Waals surface area contributed by atoms with Crippen molar-refractivity contribution in [2.75, 3.05) is 4.72 Å². The Morgan fingerprint density at radius 2 is 1.76 bits per heavy atom. The van der Waals surface area contributed by atoms with Crippen LogP contribution in [0.15, 0.2) is 59.8 Å². The zero-order valence-electron chi connectivity index (χ0n) is 12.4. The molecule has 0 bridgehead atoms. The van der Waals surface area contributed by atoms with Crippen LogP contribution in [0.5, 0.6) is 5.75 Å². The molecule has 2 N–H and O–H groups in total. The van der Waals surface area contributed by atoms with Crippen molar-refractivity contribution in [1.29, 1.82) is 0 Å². The summed E-state index contributed by atoms with van der Waals surface area (Å²) < 4.78 is 42.9. The maximum Gasteiger partial charge on any atom is 0.265 e. The van der Waals surface area contributed by atoms with Gasteiger partial charge in [0.1, 0.15) is 10.7 Å². The predicted octanol–water partition coefficient (Wildman–Crippen LogP) is 4.43. The lowest BCUT2D eigenvalue weighted by Crippen LogP contribution is -2.14. The summed E-state index contributed by atoms with van der Waals surface area (Å²) in [7, 11) is -4.32. The van der Waals surface area contributed by atoms with Gasteiger partial charge >= 0.3 is 0 Å². The van der Waals surface area contributed by atoms with E-state index in [9.17, 15) is 17.9 Å². The molecule has 0 spiro atoms. The number of rotatable bonds is 4. The highest BCUT2D eigenvalue weighted by Gasteiger charge is 2.23. The topological polar surface area (TPSA) is 71.3 Å². The van der Waals surface area contributed by atoms with Crippen LogP contribution in [-0.2, 0) is 10.0 Å². The third-order valence-corrected chi connectivity index (χ3v) is 5.26. The highest BCUT2D eigenvalue weighted by Crippen LogP contribution is 2.35. The molecule has 3 aromatic rings. The van der Waals surface area contributed by atoms with Crippen LogP contribution >= 0.6 is 23.2 Å². The molecule has 0 aliphatic rings. The number of benzene rings is 2. The smallest absolute Gasteiger partial charge is 0.265 e. The van der Waals surface area contributed by atoms with E-state index in [-0.39, 0.29) is 15.7 Å². The number of nitrogens with zero attached hydrogens (tertiary/aromatic N) is 1. The fraction of sp³-hybridized carbons (Fsp3) is 0. The Kier molecular flexibility index (Phi) is 4.64. The molecule has 0 saturated carbocycles. The highest BCUT2D eigenvalue weighted by atomic mass is 35.5. The standard InChI is InChI=1S/C16H11Cl2FN2O3S/c17-10-7-12(18)16(22)15(8-10)25(23,24)20-14-9-11(3-4-13(14)19)21-5-1-2-6-21/h1-9,20,22H. The first-order chi connectivity index (χ1) is 11.8. The summed E-state index contributed by atoms with van der Waals surface area (Å²) in [5.74, 6) is -1.44. The lowest BCUT2D eigenvalue weighted by atomic mass is 10.2. The number of hydrogen-bond donors (Lipinski definition) is 2. The van der Waals surface area contributed by atoms with E-state index in [4.69, 9.17) is 23.2 Å². The van der Waals surface area contributed by atoms with Gasteiger partial charge in [0.25, 0.3) is 10.0 Å². The molecule has 0 fully saturated rings. The first-order valence-corrected chi connectivity index (χ1v) is 9.15. The van der Waals surface area contributed by atoms with Gasteiger partial charge in [0, 0.05) is 23.1 Å². The molecule has 25 heavy (non-hydrogen) atoms. The lowest BCUT2D eigenvalue weighted by molar-refractivity contribution is 0.459. The van der Waals surface area contributed by atoms with Crippen molar-refractivity contribution in [3.05, 3.63) is 70.7 Å². The van der Waals surface area contributed by atoms with Gasteiger partial charge in [-0.1, -0.05) is 23.2 Å². The van der Waals surface area contributed by atoms with E-state index in [0.717, 1.165) is 12.1 Å². The molecule has 3 rings (SSSR count). The minimum absolute atomic E-state index is 0.0183. The van der Waals surface area contributed by atoms with E-state index in [1.165, 1.54) is 18.2 Å². The van der Waals surface area contributed by atoms with Gasteiger partial charge in [-0.25, -0.2) is 12.8 Å². The van der Waals surface area contributed by atoms with Gasteiger partial charge in [-0.15, -0.1) is 0 Å². The average Bonchev–Trinajstić information content (AvgIpc) is 3.07. The zero-order valence-corrected chi connectivity index (χ0v) is 14.8. The zero-order chi connectivity index (χ0) is 18.2. The van der Waals surface area contributed by atoms with Crippen LogP contribution in [0.4, 0.5) is 10.1 Å². The van der Waals surface area contributed by atoms with Gasteiger partial charge in [0.15, 0.2) is 5.75 Å². The van der Waals surface area contributed by atoms with E-state index >= 15 is 0 Å². The lowest BCUT2D eigenvalue weighted by Gasteiger charge is -2.13. The second-order valence-electron chi connectivity index (χ2n) is 5.09. The van der Waals surface area contributed by atoms with E-state index in [0.29, 0.717) is 5.69 Å². The van der Waals surface area contributed by atoms with Gasteiger partial charge in [0.2, 0.25) is 0 Å². The number of aromatic nitrogens is 1. The van der Waals surface area contributed by atoms with Crippen LogP contribution in [0.3, 0.4) is 0 Å². The average molecular weight is 401 g/mol. The number of anilines is 1. The molecule has 0 aliphatic carbocycles. The van der Waals surface area contributed by atoms with Crippen molar-refractivity contribution in [2.45, 2.75) is 4.90 Å². The van der Waals surface area contributed by atoms with Gasteiger partial charge in [-0.05, 0) is 42.5 Å². The summed E-state index contributed by atoms with van der Waals surface area (Å²) in [4.78, 5) is -0.546. The summed E-state index contributed by atoms with van der Waals surface area (Å²) >= 11 is 11.5. The molecule has 0 radical (unpaired) electrons. The maximum absolute atomic E-state index is 14.1. The van der Waals surface area contributed by atoms with Crippen LogP contribution in [0.25, 0.3) is 5.69 Å². The second kappa shape index (κ2) is 6.59. The molecule has 1 heterocycles.